The van der Waals surface area contributed by atoms with E-state index in [2.05, 4.69) is 32.4 Å². The third-order valence-electron chi connectivity index (χ3n) is 6.23. The van der Waals surface area contributed by atoms with Crippen molar-refractivity contribution >= 4 is 34.1 Å². The number of benzene rings is 2. The van der Waals surface area contributed by atoms with E-state index in [4.69, 9.17) is 5.73 Å². The Morgan fingerprint density at radius 2 is 1.90 bits per heavy atom. The maximum absolute atomic E-state index is 14.0. The molecular weight excluding hydrogens is 494 g/mol. The molecule has 5 aromatic rings. The predicted octanol–water partition coefficient (Wildman–Crippen LogP) is 2.59. The minimum absolute atomic E-state index is 0.0554. The van der Waals surface area contributed by atoms with Crippen molar-refractivity contribution < 1.29 is 9.59 Å². The molecule has 10 nitrogen and oxygen atoms in total. The summed E-state index contributed by atoms with van der Waals surface area (Å²) in [5, 5.41) is 6.71. The second-order valence-electron chi connectivity index (χ2n) is 8.88. The van der Waals surface area contributed by atoms with E-state index in [1.165, 1.54) is 13.3 Å². The van der Waals surface area contributed by atoms with Crippen LogP contribution in [0.5, 0.6) is 0 Å². The van der Waals surface area contributed by atoms with Gasteiger partial charge in [0, 0.05) is 36.3 Å². The molecule has 3 heterocycles. The minimum atomic E-state index is -0.598. The second kappa shape index (κ2) is 10.5. The van der Waals surface area contributed by atoms with Gasteiger partial charge in [-0.1, -0.05) is 42.2 Å². The maximum atomic E-state index is 14.0. The number of imidazole rings is 1. The van der Waals surface area contributed by atoms with E-state index in [0.29, 0.717) is 33.4 Å². The average molecular weight is 520 g/mol. The van der Waals surface area contributed by atoms with Gasteiger partial charge in [-0.15, -0.1) is 0 Å². The molecule has 10 heteroatoms. The van der Waals surface area contributed by atoms with Crippen molar-refractivity contribution in [2.45, 2.75) is 19.9 Å². The van der Waals surface area contributed by atoms with Gasteiger partial charge in [0.2, 0.25) is 5.91 Å². The normalized spacial score (nSPS) is 11.5. The highest BCUT2D eigenvalue weighted by Gasteiger charge is 2.23. The molecule has 194 valence electrons. The number of fused-ring (bicyclic) bond motifs is 2. The molecule has 0 saturated carbocycles. The number of amides is 2. The van der Waals surface area contributed by atoms with E-state index in [9.17, 15) is 14.4 Å². The van der Waals surface area contributed by atoms with Gasteiger partial charge in [0.25, 0.3) is 11.5 Å². The van der Waals surface area contributed by atoms with Crippen LogP contribution in [0.1, 0.15) is 41.5 Å². The van der Waals surface area contributed by atoms with Gasteiger partial charge in [0.05, 0.1) is 18.0 Å². The summed E-state index contributed by atoms with van der Waals surface area (Å²) >= 11 is 0. The lowest BCUT2D eigenvalue weighted by molar-refractivity contribution is -0.118. The average Bonchev–Trinajstić information content (AvgIpc) is 3.39. The predicted molar refractivity (Wildman–Crippen MR) is 148 cm³/mol. The zero-order chi connectivity index (χ0) is 27.5. The first-order valence-corrected chi connectivity index (χ1v) is 12.2. The Morgan fingerprint density at radius 3 is 2.67 bits per heavy atom. The van der Waals surface area contributed by atoms with Gasteiger partial charge in [0.15, 0.2) is 5.65 Å². The third-order valence-corrected chi connectivity index (χ3v) is 6.23. The summed E-state index contributed by atoms with van der Waals surface area (Å²) in [5.41, 5.74) is 8.05. The number of para-hydroxylation sites is 1. The van der Waals surface area contributed by atoms with Gasteiger partial charge in [0.1, 0.15) is 17.7 Å². The van der Waals surface area contributed by atoms with Crippen molar-refractivity contribution in [1.82, 2.24) is 29.6 Å². The molecule has 39 heavy (non-hydrogen) atoms. The molecular formula is C29H25N7O3. The first kappa shape index (κ1) is 25.2. The number of aromatic nitrogens is 4. The molecule has 0 saturated heterocycles. The maximum Gasteiger partial charge on any atom is 0.264 e. The Balaban J connectivity index is 1.62. The minimum Gasteiger partial charge on any atom is -0.383 e. The van der Waals surface area contributed by atoms with Crippen LogP contribution in [0.25, 0.3) is 22.1 Å². The molecule has 0 aliphatic heterocycles. The summed E-state index contributed by atoms with van der Waals surface area (Å²) in [6.45, 7) is 3.38. The van der Waals surface area contributed by atoms with Gasteiger partial charge in [-0.25, -0.2) is 9.97 Å². The van der Waals surface area contributed by atoms with Crippen molar-refractivity contribution in [2.24, 2.45) is 0 Å². The van der Waals surface area contributed by atoms with Crippen molar-refractivity contribution in [2.75, 3.05) is 12.3 Å². The van der Waals surface area contributed by atoms with Gasteiger partial charge in [-0.3, -0.25) is 23.4 Å². The number of pyridine rings is 1. The van der Waals surface area contributed by atoms with Crippen molar-refractivity contribution in [1.29, 1.82) is 0 Å². The molecule has 0 radical (unpaired) electrons. The number of nitrogens with zero attached hydrogens (tertiary/aromatic N) is 4. The Kier molecular flexibility index (Phi) is 6.80. The Hall–Kier alpha value is -5.43. The summed E-state index contributed by atoms with van der Waals surface area (Å²) < 4.78 is 3.18. The molecule has 0 bridgehead atoms. The highest BCUT2D eigenvalue weighted by atomic mass is 16.2. The standard InChI is InChI=1S/C29H25N7O3/c1-18(34-28(38)25-26(30)33-17-35-15-14-32-27(25)35)23-16-21-9-6-8-20(10-7-13-31-19(2)37)24(21)29(39)36(23)22-11-4-3-5-12-22/h3-6,8-9,11-12,14-18H,13,30H2,1-2H3,(H,31,37)(H,34,38). The number of anilines is 1. The molecule has 2 aromatic carbocycles. The smallest absolute Gasteiger partial charge is 0.264 e. The Morgan fingerprint density at radius 1 is 1.10 bits per heavy atom. The molecule has 0 spiro atoms. The van der Waals surface area contributed by atoms with Crippen LogP contribution in [0.2, 0.25) is 0 Å². The lowest BCUT2D eigenvalue weighted by atomic mass is 10.0. The fraction of sp³-hybridized carbons (Fsp3) is 0.138. The largest absolute Gasteiger partial charge is 0.383 e. The monoisotopic (exact) mass is 519 g/mol. The number of nitrogens with one attached hydrogen (secondary N) is 2. The van der Waals surface area contributed by atoms with Crippen LogP contribution in [-0.4, -0.2) is 37.3 Å². The topological polar surface area (TPSA) is 136 Å². The van der Waals surface area contributed by atoms with Crippen LogP contribution in [0.3, 0.4) is 0 Å². The van der Waals surface area contributed by atoms with Gasteiger partial charge >= 0.3 is 0 Å². The second-order valence-corrected chi connectivity index (χ2v) is 8.88. The first-order valence-electron chi connectivity index (χ1n) is 12.2. The summed E-state index contributed by atoms with van der Waals surface area (Å²) in [7, 11) is 0. The SMILES string of the molecule is CC(=O)NCC#Cc1cccc2cc(C(C)NC(=O)c3c(N)ncn4ccnc34)n(-c3ccccc3)c(=O)c12. The van der Waals surface area contributed by atoms with Crippen molar-refractivity contribution in [3.8, 4) is 17.5 Å². The summed E-state index contributed by atoms with van der Waals surface area (Å²) in [6, 6.07) is 15.9. The van der Waals surface area contributed by atoms with Crippen molar-refractivity contribution in [3.63, 3.8) is 0 Å². The number of hydrogen-bond donors (Lipinski definition) is 3. The lowest BCUT2D eigenvalue weighted by Gasteiger charge is -2.21. The summed E-state index contributed by atoms with van der Waals surface area (Å²) in [4.78, 5) is 46.9. The molecule has 3 aromatic heterocycles. The third kappa shape index (κ3) is 4.93. The highest BCUT2D eigenvalue weighted by Crippen LogP contribution is 2.24. The highest BCUT2D eigenvalue weighted by molar-refractivity contribution is 6.04. The summed E-state index contributed by atoms with van der Waals surface area (Å²) in [5.74, 6) is 5.31. The number of nitrogen functional groups attached to an aromatic ring is 1. The van der Waals surface area contributed by atoms with E-state index in [1.54, 1.807) is 34.4 Å². The Labute approximate surface area is 223 Å². The van der Waals surface area contributed by atoms with E-state index in [-0.39, 0.29) is 29.4 Å². The van der Waals surface area contributed by atoms with Crippen molar-refractivity contribution in [3.05, 3.63) is 100 Å². The van der Waals surface area contributed by atoms with Crippen LogP contribution >= 0.6 is 0 Å². The zero-order valence-electron chi connectivity index (χ0n) is 21.3. The molecule has 0 fully saturated rings. The van der Waals surface area contributed by atoms with Crippen LogP contribution < -0.4 is 21.9 Å². The molecule has 0 aliphatic rings. The summed E-state index contributed by atoms with van der Waals surface area (Å²) in [6.07, 6.45) is 4.73. The molecule has 1 unspecified atom stereocenters. The first-order chi connectivity index (χ1) is 18.8. The van der Waals surface area contributed by atoms with E-state index >= 15 is 0 Å². The van der Waals surface area contributed by atoms with Gasteiger partial charge in [-0.05, 0) is 36.6 Å². The van der Waals surface area contributed by atoms with Crippen LogP contribution in [0.4, 0.5) is 5.82 Å². The molecule has 4 N–H and O–H groups in total. The Bertz CT molecular complexity index is 1850. The number of hydrogen-bond acceptors (Lipinski definition) is 6. The van der Waals surface area contributed by atoms with Gasteiger partial charge in [-0.2, -0.15) is 0 Å². The molecule has 0 aliphatic carbocycles. The fourth-order valence-corrected chi connectivity index (χ4v) is 4.42. The van der Waals surface area contributed by atoms with E-state index in [0.717, 1.165) is 0 Å². The van der Waals surface area contributed by atoms with E-state index in [1.807, 2.05) is 48.5 Å². The van der Waals surface area contributed by atoms with Gasteiger partial charge < -0.3 is 16.4 Å². The zero-order valence-corrected chi connectivity index (χ0v) is 21.3. The lowest BCUT2D eigenvalue weighted by Crippen LogP contribution is -2.33. The van der Waals surface area contributed by atoms with Crippen LogP contribution in [0.15, 0.2) is 78.1 Å². The molecule has 1 atom stereocenters. The van der Waals surface area contributed by atoms with Crippen LogP contribution in [-0.2, 0) is 4.79 Å². The number of nitrogens with two attached hydrogens (primary N) is 1. The molecule has 2 amide bonds. The quantitative estimate of drug-likeness (QED) is 0.305. The fourth-order valence-electron chi connectivity index (χ4n) is 4.42. The number of carbonyl (C=O) groups excluding carboxylic acids is 2. The van der Waals surface area contributed by atoms with Crippen LogP contribution in [0, 0.1) is 11.8 Å². The van der Waals surface area contributed by atoms with E-state index < -0.39 is 11.9 Å². The number of rotatable bonds is 5. The molecule has 5 rings (SSSR count). The number of carbonyl (C=O) groups is 2.